The first-order valence-corrected chi connectivity index (χ1v) is 8.30. The van der Waals surface area contributed by atoms with Gasteiger partial charge in [-0.3, -0.25) is 10.3 Å². The van der Waals surface area contributed by atoms with Crippen LogP contribution in [0.3, 0.4) is 0 Å². The minimum atomic E-state index is -3.75. The van der Waals surface area contributed by atoms with E-state index in [9.17, 15) is 18.0 Å². The van der Waals surface area contributed by atoms with Crippen molar-refractivity contribution in [3.05, 3.63) is 66.2 Å². The Morgan fingerprint density at radius 3 is 2.66 bits per heavy atom. The molecule has 2 aromatic carbocycles. The summed E-state index contributed by atoms with van der Waals surface area (Å²) in [4.78, 5) is 19.9. The summed E-state index contributed by atoms with van der Waals surface area (Å²) in [5, 5.41) is 2.34. The van der Waals surface area contributed by atoms with Crippen molar-refractivity contribution in [3.63, 3.8) is 0 Å². The first-order chi connectivity index (χ1) is 13.9. The third-order valence-corrected chi connectivity index (χ3v) is 3.90. The highest BCUT2D eigenvalue weighted by molar-refractivity contribution is 5.83. The van der Waals surface area contributed by atoms with E-state index in [4.69, 9.17) is 4.74 Å². The summed E-state index contributed by atoms with van der Waals surface area (Å²) in [7, 11) is 0. The summed E-state index contributed by atoms with van der Waals surface area (Å²) < 4.78 is 54.0. The molecule has 2 heterocycles. The number of para-hydroxylation sites is 1. The lowest BCUT2D eigenvalue weighted by Crippen LogP contribution is -2.26. The van der Waals surface area contributed by atoms with Crippen LogP contribution in [-0.4, -0.2) is 22.4 Å². The van der Waals surface area contributed by atoms with Crippen molar-refractivity contribution in [3.8, 4) is 22.8 Å². The zero-order valence-electron chi connectivity index (χ0n) is 14.6. The van der Waals surface area contributed by atoms with Crippen LogP contribution in [0.1, 0.15) is 5.56 Å². The van der Waals surface area contributed by atoms with Crippen LogP contribution in [0.4, 0.5) is 23.8 Å². The summed E-state index contributed by atoms with van der Waals surface area (Å²) in [6.45, 7) is -0.258. The summed E-state index contributed by atoms with van der Waals surface area (Å²) in [5.41, 5.74) is 0.704. The highest BCUT2D eigenvalue weighted by atomic mass is 19.3. The molecule has 0 spiro atoms. The van der Waals surface area contributed by atoms with E-state index < -0.39 is 18.2 Å². The van der Waals surface area contributed by atoms with Gasteiger partial charge in [-0.05, 0) is 18.2 Å². The standard InChI is InChI=1S/C19H12F3N3O4/c20-13-6-2-1-4-11(13)10-27-18(26)25-16-9-23-14(8-24-16)12-5-3-7-15-17(12)29-19(21,22)28-15/h1-9H,10H2,(H,24,25,26). The number of anilines is 1. The van der Waals surface area contributed by atoms with Gasteiger partial charge in [-0.1, -0.05) is 24.3 Å². The van der Waals surface area contributed by atoms with Gasteiger partial charge in [-0.2, -0.15) is 0 Å². The predicted octanol–water partition coefficient (Wildman–Crippen LogP) is 4.35. The number of hydrogen-bond acceptors (Lipinski definition) is 6. The molecule has 1 aromatic heterocycles. The van der Waals surface area contributed by atoms with E-state index in [1.54, 1.807) is 6.07 Å². The van der Waals surface area contributed by atoms with Crippen molar-refractivity contribution in [1.82, 2.24) is 9.97 Å². The summed E-state index contributed by atoms with van der Waals surface area (Å²) in [5.74, 6) is -0.705. The summed E-state index contributed by atoms with van der Waals surface area (Å²) in [6.07, 6.45) is -2.13. The molecule has 0 radical (unpaired) electrons. The third-order valence-electron chi connectivity index (χ3n) is 3.90. The number of ether oxygens (including phenoxy) is 3. The highest BCUT2D eigenvalue weighted by Crippen LogP contribution is 2.46. The molecule has 10 heteroatoms. The number of amides is 1. The number of hydrogen-bond donors (Lipinski definition) is 1. The maximum atomic E-state index is 13.5. The predicted molar refractivity (Wildman–Crippen MR) is 93.9 cm³/mol. The van der Waals surface area contributed by atoms with Crippen LogP contribution in [0.2, 0.25) is 0 Å². The number of carbonyl (C=O) groups excluding carboxylic acids is 1. The summed E-state index contributed by atoms with van der Waals surface area (Å²) in [6, 6.07) is 10.3. The number of rotatable bonds is 4. The lowest BCUT2D eigenvalue weighted by Gasteiger charge is -2.08. The van der Waals surface area contributed by atoms with Crippen molar-refractivity contribution in [2.75, 3.05) is 5.32 Å². The second-order valence-corrected chi connectivity index (χ2v) is 5.88. The smallest absolute Gasteiger partial charge is 0.444 e. The highest BCUT2D eigenvalue weighted by Gasteiger charge is 2.44. The molecule has 0 unspecified atom stereocenters. The maximum absolute atomic E-state index is 13.5. The number of nitrogens with one attached hydrogen (secondary N) is 1. The molecule has 7 nitrogen and oxygen atoms in total. The van der Waals surface area contributed by atoms with E-state index >= 15 is 0 Å². The van der Waals surface area contributed by atoms with Crippen LogP contribution in [0, 0.1) is 5.82 Å². The first-order valence-electron chi connectivity index (χ1n) is 8.30. The number of halogens is 3. The molecule has 0 saturated heterocycles. The number of benzene rings is 2. The van der Waals surface area contributed by atoms with Crippen LogP contribution in [0.15, 0.2) is 54.9 Å². The average molecular weight is 403 g/mol. The lowest BCUT2D eigenvalue weighted by molar-refractivity contribution is -0.286. The second-order valence-electron chi connectivity index (χ2n) is 5.88. The van der Waals surface area contributed by atoms with Gasteiger partial charge in [0, 0.05) is 11.1 Å². The molecular formula is C19H12F3N3O4. The van der Waals surface area contributed by atoms with Crippen LogP contribution in [-0.2, 0) is 11.3 Å². The van der Waals surface area contributed by atoms with Crippen LogP contribution >= 0.6 is 0 Å². The molecule has 4 rings (SSSR count). The molecule has 3 aromatic rings. The van der Waals surface area contributed by atoms with Gasteiger partial charge in [-0.25, -0.2) is 14.2 Å². The lowest BCUT2D eigenvalue weighted by atomic mass is 10.1. The van der Waals surface area contributed by atoms with Crippen molar-refractivity contribution < 1.29 is 32.2 Å². The Morgan fingerprint density at radius 1 is 1.07 bits per heavy atom. The van der Waals surface area contributed by atoms with Crippen LogP contribution in [0.25, 0.3) is 11.3 Å². The molecule has 0 saturated carbocycles. The zero-order chi connectivity index (χ0) is 20.4. The molecular weight excluding hydrogens is 391 g/mol. The van der Waals surface area contributed by atoms with Gasteiger partial charge in [-0.15, -0.1) is 8.78 Å². The van der Waals surface area contributed by atoms with Gasteiger partial charge < -0.3 is 14.2 Å². The molecule has 148 valence electrons. The van der Waals surface area contributed by atoms with Crippen molar-refractivity contribution >= 4 is 11.9 Å². The Labute approximate surface area is 162 Å². The van der Waals surface area contributed by atoms with Crippen molar-refractivity contribution in [1.29, 1.82) is 0 Å². The SMILES string of the molecule is O=C(Nc1cnc(-c2cccc3c2OC(F)(F)O3)cn1)OCc1ccccc1F. The number of carbonyl (C=O) groups is 1. The van der Waals surface area contributed by atoms with Gasteiger partial charge in [0.25, 0.3) is 0 Å². The molecule has 0 atom stereocenters. The van der Waals surface area contributed by atoms with Gasteiger partial charge in [0.1, 0.15) is 12.4 Å². The fourth-order valence-electron chi connectivity index (χ4n) is 2.60. The van der Waals surface area contributed by atoms with E-state index in [0.717, 1.165) is 0 Å². The largest absolute Gasteiger partial charge is 0.586 e. The molecule has 1 aliphatic rings. The fourth-order valence-corrected chi connectivity index (χ4v) is 2.60. The van der Waals surface area contributed by atoms with Gasteiger partial charge in [0.15, 0.2) is 17.3 Å². The molecule has 29 heavy (non-hydrogen) atoms. The molecule has 1 aliphatic heterocycles. The van der Waals surface area contributed by atoms with E-state index in [1.165, 1.54) is 48.8 Å². The maximum Gasteiger partial charge on any atom is 0.586 e. The van der Waals surface area contributed by atoms with Crippen LogP contribution < -0.4 is 14.8 Å². The van der Waals surface area contributed by atoms with Crippen molar-refractivity contribution in [2.45, 2.75) is 12.9 Å². The number of alkyl halides is 2. The third kappa shape index (κ3) is 4.05. The quantitative estimate of drug-likeness (QED) is 0.697. The Hall–Kier alpha value is -3.82. The molecule has 1 N–H and O–H groups in total. The topological polar surface area (TPSA) is 82.6 Å². The Balaban J connectivity index is 1.42. The normalized spacial score (nSPS) is 13.8. The van der Waals surface area contributed by atoms with E-state index in [2.05, 4.69) is 24.8 Å². The fraction of sp³-hybridized carbons (Fsp3) is 0.105. The monoisotopic (exact) mass is 403 g/mol. The number of aromatic nitrogens is 2. The van der Waals surface area contributed by atoms with Gasteiger partial charge in [0.2, 0.25) is 0 Å². The Bertz CT molecular complexity index is 1060. The molecule has 0 aliphatic carbocycles. The first kappa shape index (κ1) is 18.5. The Morgan fingerprint density at radius 2 is 1.90 bits per heavy atom. The minimum absolute atomic E-state index is 0.0577. The van der Waals surface area contributed by atoms with Gasteiger partial charge in [0.05, 0.1) is 18.1 Å². The number of fused-ring (bicyclic) bond motifs is 1. The number of nitrogens with zero attached hydrogens (tertiary/aromatic N) is 2. The zero-order valence-corrected chi connectivity index (χ0v) is 14.6. The van der Waals surface area contributed by atoms with Gasteiger partial charge >= 0.3 is 12.4 Å². The van der Waals surface area contributed by atoms with E-state index in [0.29, 0.717) is 0 Å². The molecule has 1 amide bonds. The van der Waals surface area contributed by atoms with Crippen LogP contribution in [0.5, 0.6) is 11.5 Å². The molecule has 0 fully saturated rings. The second kappa shape index (κ2) is 7.30. The van der Waals surface area contributed by atoms with E-state index in [-0.39, 0.29) is 40.7 Å². The minimum Gasteiger partial charge on any atom is -0.444 e. The average Bonchev–Trinajstić information content (AvgIpc) is 3.02. The molecule has 0 bridgehead atoms. The van der Waals surface area contributed by atoms with Crippen molar-refractivity contribution in [2.24, 2.45) is 0 Å². The van der Waals surface area contributed by atoms with E-state index in [1.807, 2.05) is 0 Å². The summed E-state index contributed by atoms with van der Waals surface area (Å²) >= 11 is 0. The Kier molecular flexibility index (Phi) is 4.67.